The third-order valence-electron chi connectivity index (χ3n) is 2.19. The third kappa shape index (κ3) is 2.84. The Balaban J connectivity index is 2.25. The van der Waals surface area contributed by atoms with Gasteiger partial charge in [-0.2, -0.15) is 0 Å². The van der Waals surface area contributed by atoms with E-state index in [-0.39, 0.29) is 5.56 Å². The molecule has 6 heteroatoms. The third-order valence-corrected chi connectivity index (χ3v) is 2.63. The zero-order valence-electron chi connectivity index (χ0n) is 9.42. The van der Waals surface area contributed by atoms with Crippen LogP contribution in [0.5, 0.6) is 11.6 Å². The predicted octanol–water partition coefficient (Wildman–Crippen LogP) is 3.04. The number of aromatic nitrogens is 2. The molecule has 5 nitrogen and oxygen atoms in total. The maximum atomic E-state index is 10.8. The molecule has 18 heavy (non-hydrogen) atoms. The van der Waals surface area contributed by atoms with E-state index in [2.05, 4.69) is 25.9 Å². The molecule has 2 heterocycles. The molecule has 0 aliphatic carbocycles. The van der Waals surface area contributed by atoms with Gasteiger partial charge in [-0.15, -0.1) is 0 Å². The summed E-state index contributed by atoms with van der Waals surface area (Å²) in [5.74, 6) is -0.146. The lowest BCUT2D eigenvalue weighted by molar-refractivity contribution is 0.0695. The van der Waals surface area contributed by atoms with E-state index in [4.69, 9.17) is 9.84 Å². The lowest BCUT2D eigenvalue weighted by Crippen LogP contribution is -2.02. The van der Waals surface area contributed by atoms with E-state index in [1.54, 1.807) is 25.4 Å². The number of hydrogen-bond acceptors (Lipinski definition) is 4. The number of aromatic carboxylic acids is 1. The summed E-state index contributed by atoms with van der Waals surface area (Å²) >= 11 is 3.28. The van der Waals surface area contributed by atoms with Crippen LogP contribution in [0.3, 0.4) is 0 Å². The summed E-state index contributed by atoms with van der Waals surface area (Å²) in [6.45, 7) is 1.62. The van der Waals surface area contributed by atoms with Crippen LogP contribution in [-0.4, -0.2) is 21.0 Å². The molecule has 0 unspecified atom stereocenters. The summed E-state index contributed by atoms with van der Waals surface area (Å²) in [6.07, 6.45) is 3.19. The summed E-state index contributed by atoms with van der Waals surface area (Å²) in [7, 11) is 0. The van der Waals surface area contributed by atoms with Crippen molar-refractivity contribution in [2.24, 2.45) is 0 Å². The Morgan fingerprint density at radius 1 is 1.39 bits per heavy atom. The van der Waals surface area contributed by atoms with Crippen molar-refractivity contribution in [2.75, 3.05) is 0 Å². The molecule has 92 valence electrons. The molecule has 0 aromatic carbocycles. The van der Waals surface area contributed by atoms with Gasteiger partial charge >= 0.3 is 5.97 Å². The van der Waals surface area contributed by atoms with Gasteiger partial charge in [-0.25, -0.2) is 9.78 Å². The molecule has 0 spiro atoms. The SMILES string of the molecule is Cc1nc(Oc2cncc(Br)c2)ccc1C(=O)O. The van der Waals surface area contributed by atoms with Crippen molar-refractivity contribution < 1.29 is 14.6 Å². The number of carbonyl (C=O) groups is 1. The second-order valence-electron chi connectivity index (χ2n) is 3.53. The van der Waals surface area contributed by atoms with Crippen molar-refractivity contribution in [3.8, 4) is 11.6 Å². The monoisotopic (exact) mass is 308 g/mol. The van der Waals surface area contributed by atoms with Gasteiger partial charge in [0, 0.05) is 16.7 Å². The van der Waals surface area contributed by atoms with Gasteiger partial charge in [0.1, 0.15) is 5.75 Å². The van der Waals surface area contributed by atoms with Gasteiger partial charge in [0.2, 0.25) is 5.88 Å². The summed E-state index contributed by atoms with van der Waals surface area (Å²) in [5.41, 5.74) is 0.567. The Hall–Kier alpha value is -1.95. The van der Waals surface area contributed by atoms with E-state index in [9.17, 15) is 4.79 Å². The largest absolute Gasteiger partial charge is 0.478 e. The first-order valence-corrected chi connectivity index (χ1v) is 5.85. The molecule has 0 atom stereocenters. The number of carboxylic acid groups (broad SMARTS) is 1. The minimum atomic E-state index is -1.00. The summed E-state index contributed by atoms with van der Waals surface area (Å²) in [5, 5.41) is 8.89. The topological polar surface area (TPSA) is 72.3 Å². The van der Waals surface area contributed by atoms with Crippen molar-refractivity contribution >= 4 is 21.9 Å². The zero-order chi connectivity index (χ0) is 13.1. The number of carboxylic acids is 1. The van der Waals surface area contributed by atoms with Crippen molar-refractivity contribution in [3.63, 3.8) is 0 Å². The molecular formula is C12H9BrN2O3. The highest BCUT2D eigenvalue weighted by Gasteiger charge is 2.09. The van der Waals surface area contributed by atoms with Gasteiger partial charge in [-0.05, 0) is 35.0 Å². The molecule has 2 aromatic rings. The maximum absolute atomic E-state index is 10.8. The molecule has 2 rings (SSSR count). The molecule has 0 saturated carbocycles. The van der Waals surface area contributed by atoms with E-state index in [0.29, 0.717) is 17.3 Å². The summed E-state index contributed by atoms with van der Waals surface area (Å²) in [6, 6.07) is 4.72. The minimum Gasteiger partial charge on any atom is -0.478 e. The van der Waals surface area contributed by atoms with E-state index in [0.717, 1.165) is 4.47 Å². The predicted molar refractivity (Wildman–Crippen MR) is 67.9 cm³/mol. The maximum Gasteiger partial charge on any atom is 0.337 e. The first-order chi connectivity index (χ1) is 8.56. The highest BCUT2D eigenvalue weighted by molar-refractivity contribution is 9.10. The second-order valence-corrected chi connectivity index (χ2v) is 4.44. The van der Waals surface area contributed by atoms with Crippen LogP contribution in [0.15, 0.2) is 35.1 Å². The van der Waals surface area contributed by atoms with Crippen molar-refractivity contribution in [3.05, 3.63) is 46.3 Å². The minimum absolute atomic E-state index is 0.162. The zero-order valence-corrected chi connectivity index (χ0v) is 11.0. The molecule has 0 aliphatic rings. The fraction of sp³-hybridized carbons (Fsp3) is 0.0833. The Bertz CT molecular complexity index is 602. The summed E-state index contributed by atoms with van der Waals surface area (Å²) in [4.78, 5) is 18.9. The highest BCUT2D eigenvalue weighted by atomic mass is 79.9. The van der Waals surface area contributed by atoms with Crippen LogP contribution >= 0.6 is 15.9 Å². The Kier molecular flexibility index (Phi) is 3.57. The number of hydrogen-bond donors (Lipinski definition) is 1. The van der Waals surface area contributed by atoms with Gasteiger partial charge in [-0.3, -0.25) is 4.98 Å². The number of pyridine rings is 2. The average molecular weight is 309 g/mol. The highest BCUT2D eigenvalue weighted by Crippen LogP contribution is 2.22. The molecule has 0 bridgehead atoms. The Morgan fingerprint density at radius 3 is 2.78 bits per heavy atom. The number of halogens is 1. The molecule has 0 fully saturated rings. The molecule has 0 saturated heterocycles. The number of ether oxygens (including phenoxy) is 1. The normalized spacial score (nSPS) is 10.1. The lowest BCUT2D eigenvalue weighted by Gasteiger charge is -2.06. The standard InChI is InChI=1S/C12H9BrN2O3/c1-7-10(12(16)17)2-3-11(15-7)18-9-4-8(13)5-14-6-9/h2-6H,1H3,(H,16,17). The second kappa shape index (κ2) is 5.14. The van der Waals surface area contributed by atoms with Crippen LogP contribution in [0.25, 0.3) is 0 Å². The van der Waals surface area contributed by atoms with Gasteiger partial charge < -0.3 is 9.84 Å². The Labute approximate surface area is 112 Å². The number of nitrogens with zero attached hydrogens (tertiary/aromatic N) is 2. The lowest BCUT2D eigenvalue weighted by atomic mass is 10.2. The van der Waals surface area contributed by atoms with Crippen LogP contribution in [0, 0.1) is 6.92 Å². The van der Waals surface area contributed by atoms with Crippen LogP contribution < -0.4 is 4.74 Å². The molecule has 1 N–H and O–H groups in total. The van der Waals surface area contributed by atoms with E-state index < -0.39 is 5.97 Å². The van der Waals surface area contributed by atoms with Crippen molar-refractivity contribution in [1.29, 1.82) is 0 Å². The number of aryl methyl sites for hydroxylation is 1. The molecule has 0 aliphatic heterocycles. The van der Waals surface area contributed by atoms with Crippen LogP contribution in [-0.2, 0) is 0 Å². The molecule has 0 amide bonds. The van der Waals surface area contributed by atoms with E-state index in [1.165, 1.54) is 12.1 Å². The molecular weight excluding hydrogens is 300 g/mol. The quantitative estimate of drug-likeness (QED) is 0.943. The first-order valence-electron chi connectivity index (χ1n) is 5.05. The first kappa shape index (κ1) is 12.5. The molecule has 2 aromatic heterocycles. The van der Waals surface area contributed by atoms with Crippen molar-refractivity contribution in [2.45, 2.75) is 6.92 Å². The average Bonchev–Trinajstić information content (AvgIpc) is 2.28. The van der Waals surface area contributed by atoms with Crippen LogP contribution in [0.2, 0.25) is 0 Å². The fourth-order valence-corrected chi connectivity index (χ4v) is 1.73. The van der Waals surface area contributed by atoms with Gasteiger partial charge in [0.15, 0.2) is 0 Å². The molecule has 0 radical (unpaired) electrons. The van der Waals surface area contributed by atoms with Gasteiger partial charge in [0.05, 0.1) is 17.5 Å². The van der Waals surface area contributed by atoms with Gasteiger partial charge in [0.25, 0.3) is 0 Å². The smallest absolute Gasteiger partial charge is 0.337 e. The summed E-state index contributed by atoms with van der Waals surface area (Å²) < 4.78 is 6.27. The van der Waals surface area contributed by atoms with Gasteiger partial charge in [-0.1, -0.05) is 0 Å². The van der Waals surface area contributed by atoms with Crippen molar-refractivity contribution in [1.82, 2.24) is 9.97 Å². The van der Waals surface area contributed by atoms with E-state index in [1.807, 2.05) is 0 Å². The Morgan fingerprint density at radius 2 is 2.17 bits per heavy atom. The van der Waals surface area contributed by atoms with Crippen LogP contribution in [0.1, 0.15) is 16.1 Å². The fourth-order valence-electron chi connectivity index (χ4n) is 1.39. The van der Waals surface area contributed by atoms with E-state index >= 15 is 0 Å². The van der Waals surface area contributed by atoms with Crippen LogP contribution in [0.4, 0.5) is 0 Å². The number of rotatable bonds is 3.